The molecule has 106 valence electrons. The van der Waals surface area contributed by atoms with Crippen molar-refractivity contribution < 1.29 is 14.7 Å². The van der Waals surface area contributed by atoms with Crippen molar-refractivity contribution in [2.24, 2.45) is 17.3 Å². The largest absolute Gasteiger partial charge is 0.508 e. The fourth-order valence-corrected chi connectivity index (χ4v) is 3.91. The quantitative estimate of drug-likeness (QED) is 0.842. The molecule has 0 amide bonds. The molecule has 0 radical (unpaired) electrons. The van der Waals surface area contributed by atoms with Crippen LogP contribution in [0.5, 0.6) is 5.75 Å². The van der Waals surface area contributed by atoms with Gasteiger partial charge in [-0.15, -0.1) is 0 Å². The fourth-order valence-electron chi connectivity index (χ4n) is 3.91. The number of phenolic OH excluding ortho intramolecular Hbond substituents is 1. The van der Waals surface area contributed by atoms with Gasteiger partial charge >= 0.3 is 0 Å². The Hall–Kier alpha value is -1.64. The summed E-state index contributed by atoms with van der Waals surface area (Å²) in [5.74, 6) is -0.472. The Kier molecular flexibility index (Phi) is 2.79. The summed E-state index contributed by atoms with van der Waals surface area (Å²) in [6, 6.07) is 5.03. The van der Waals surface area contributed by atoms with Gasteiger partial charge in [0.25, 0.3) is 0 Å². The van der Waals surface area contributed by atoms with Crippen molar-refractivity contribution in [3.8, 4) is 5.75 Å². The number of hydrogen-bond donors (Lipinski definition) is 1. The van der Waals surface area contributed by atoms with E-state index < -0.39 is 5.92 Å². The van der Waals surface area contributed by atoms with Gasteiger partial charge in [-0.1, -0.05) is 26.8 Å². The number of carbonyl (C=O) groups excluding carboxylic acids is 2. The summed E-state index contributed by atoms with van der Waals surface area (Å²) in [6.07, 6.45) is 1.47. The number of aryl methyl sites for hydroxylation is 1. The predicted octanol–water partition coefficient (Wildman–Crippen LogP) is 2.85. The van der Waals surface area contributed by atoms with Crippen LogP contribution in [0.2, 0.25) is 0 Å². The summed E-state index contributed by atoms with van der Waals surface area (Å²) in [5, 5.41) is 9.69. The predicted molar refractivity (Wildman–Crippen MR) is 75.6 cm³/mol. The van der Waals surface area contributed by atoms with E-state index in [4.69, 9.17) is 0 Å². The molecule has 0 heterocycles. The van der Waals surface area contributed by atoms with Crippen molar-refractivity contribution in [1.82, 2.24) is 0 Å². The van der Waals surface area contributed by atoms with E-state index in [2.05, 4.69) is 0 Å². The SMILES string of the molecule is CCc1ccc(O)cc1C1C(=O)C2CC(C1=O)C2(C)C. The van der Waals surface area contributed by atoms with Crippen LogP contribution in [0.3, 0.4) is 0 Å². The summed E-state index contributed by atoms with van der Waals surface area (Å²) in [6.45, 7) is 6.03. The first-order valence-corrected chi connectivity index (χ1v) is 7.27. The number of aromatic hydroxyl groups is 1. The zero-order valence-electron chi connectivity index (χ0n) is 12.1. The summed E-state index contributed by atoms with van der Waals surface area (Å²) in [5.41, 5.74) is 1.51. The van der Waals surface area contributed by atoms with Crippen LogP contribution in [0.4, 0.5) is 0 Å². The van der Waals surface area contributed by atoms with Gasteiger partial charge < -0.3 is 5.11 Å². The molecule has 2 unspecified atom stereocenters. The molecule has 3 heteroatoms. The average molecular weight is 272 g/mol. The lowest BCUT2D eigenvalue weighted by Gasteiger charge is -2.56. The molecular formula is C17H20O3. The van der Waals surface area contributed by atoms with E-state index in [1.807, 2.05) is 26.8 Å². The first-order chi connectivity index (χ1) is 9.37. The smallest absolute Gasteiger partial charge is 0.151 e. The van der Waals surface area contributed by atoms with E-state index in [0.29, 0.717) is 12.0 Å². The minimum Gasteiger partial charge on any atom is -0.508 e. The van der Waals surface area contributed by atoms with Gasteiger partial charge in [0.2, 0.25) is 0 Å². The van der Waals surface area contributed by atoms with Gasteiger partial charge in [-0.25, -0.2) is 0 Å². The monoisotopic (exact) mass is 272 g/mol. The Morgan fingerprint density at radius 3 is 2.30 bits per heavy atom. The van der Waals surface area contributed by atoms with Gasteiger partial charge in [-0.2, -0.15) is 0 Å². The van der Waals surface area contributed by atoms with Gasteiger partial charge in [0.1, 0.15) is 11.7 Å². The second kappa shape index (κ2) is 4.18. The molecule has 1 N–H and O–H groups in total. The van der Waals surface area contributed by atoms with Crippen LogP contribution in [-0.4, -0.2) is 16.7 Å². The number of rotatable bonds is 2. The standard InChI is InChI=1S/C17H20O3/c1-4-9-5-6-10(18)7-11(9)14-15(19)12-8-13(16(14)20)17(12,2)3/h5-7,12-14,18H,4,8H2,1-3H3. The number of phenols is 1. The number of carbonyl (C=O) groups is 2. The van der Waals surface area contributed by atoms with Crippen molar-refractivity contribution in [2.45, 2.75) is 39.5 Å². The first kappa shape index (κ1) is 13.3. The first-order valence-electron chi connectivity index (χ1n) is 7.27. The van der Waals surface area contributed by atoms with Crippen LogP contribution in [0, 0.1) is 17.3 Å². The number of fused-ring (bicyclic) bond motifs is 2. The van der Waals surface area contributed by atoms with Crippen LogP contribution < -0.4 is 0 Å². The summed E-state index contributed by atoms with van der Waals surface area (Å²) in [4.78, 5) is 25.3. The minimum atomic E-state index is -0.658. The molecule has 0 aliphatic heterocycles. The molecule has 1 aromatic rings. The molecule has 3 saturated carbocycles. The third kappa shape index (κ3) is 1.58. The zero-order chi connectivity index (χ0) is 14.7. The topological polar surface area (TPSA) is 54.4 Å². The van der Waals surface area contributed by atoms with Crippen LogP contribution >= 0.6 is 0 Å². The van der Waals surface area contributed by atoms with Gasteiger partial charge in [-0.3, -0.25) is 9.59 Å². The maximum Gasteiger partial charge on any atom is 0.151 e. The maximum atomic E-state index is 12.7. The Bertz CT molecular complexity index is 576. The fraction of sp³-hybridized carbons (Fsp3) is 0.529. The maximum absolute atomic E-state index is 12.7. The van der Waals surface area contributed by atoms with Crippen molar-refractivity contribution in [3.63, 3.8) is 0 Å². The molecule has 2 bridgehead atoms. The van der Waals surface area contributed by atoms with E-state index >= 15 is 0 Å². The average Bonchev–Trinajstić information content (AvgIpc) is 2.37. The highest BCUT2D eigenvalue weighted by atomic mass is 16.3. The second-order valence-corrected chi connectivity index (χ2v) is 6.64. The van der Waals surface area contributed by atoms with E-state index in [-0.39, 0.29) is 34.6 Å². The van der Waals surface area contributed by atoms with Crippen LogP contribution in [0.25, 0.3) is 0 Å². The number of hydrogen-bond acceptors (Lipinski definition) is 3. The molecule has 3 fully saturated rings. The lowest BCUT2D eigenvalue weighted by molar-refractivity contribution is -0.163. The molecule has 0 spiro atoms. The molecule has 4 rings (SSSR count). The molecule has 3 aliphatic rings. The highest BCUT2D eigenvalue weighted by molar-refractivity contribution is 6.14. The van der Waals surface area contributed by atoms with Gasteiger partial charge in [0, 0.05) is 11.8 Å². The number of ketones is 2. The van der Waals surface area contributed by atoms with Gasteiger partial charge in [0.15, 0.2) is 11.6 Å². The normalized spacial score (nSPS) is 31.1. The molecule has 1 aromatic carbocycles. The highest BCUT2D eigenvalue weighted by Crippen LogP contribution is 2.59. The summed E-state index contributed by atoms with van der Waals surface area (Å²) in [7, 11) is 0. The Morgan fingerprint density at radius 2 is 1.80 bits per heavy atom. The number of Topliss-reactive ketones (excluding diaryl/α,β-unsaturated/α-hetero) is 2. The second-order valence-electron chi connectivity index (χ2n) is 6.64. The van der Waals surface area contributed by atoms with E-state index in [0.717, 1.165) is 12.0 Å². The van der Waals surface area contributed by atoms with Crippen molar-refractivity contribution in [1.29, 1.82) is 0 Å². The Morgan fingerprint density at radius 1 is 1.20 bits per heavy atom. The summed E-state index contributed by atoms with van der Waals surface area (Å²) >= 11 is 0. The molecular weight excluding hydrogens is 252 g/mol. The third-order valence-corrected chi connectivity index (χ3v) is 5.34. The van der Waals surface area contributed by atoms with E-state index in [1.165, 1.54) is 0 Å². The van der Waals surface area contributed by atoms with E-state index in [1.54, 1.807) is 12.1 Å². The third-order valence-electron chi connectivity index (χ3n) is 5.34. The highest BCUT2D eigenvalue weighted by Gasteiger charge is 2.62. The molecule has 3 nitrogen and oxygen atoms in total. The van der Waals surface area contributed by atoms with Crippen LogP contribution in [0.1, 0.15) is 44.2 Å². The van der Waals surface area contributed by atoms with Crippen LogP contribution in [-0.2, 0) is 16.0 Å². The van der Waals surface area contributed by atoms with Crippen molar-refractivity contribution >= 4 is 11.6 Å². The molecule has 0 aromatic heterocycles. The van der Waals surface area contributed by atoms with Gasteiger partial charge in [-0.05, 0) is 41.5 Å². The zero-order valence-corrected chi connectivity index (χ0v) is 12.1. The number of benzene rings is 1. The van der Waals surface area contributed by atoms with Crippen molar-refractivity contribution in [3.05, 3.63) is 29.3 Å². The molecule has 0 saturated heterocycles. The molecule has 3 aliphatic carbocycles. The lowest BCUT2D eigenvalue weighted by Crippen LogP contribution is -2.60. The molecule has 2 atom stereocenters. The minimum absolute atomic E-state index is 0.0118. The van der Waals surface area contributed by atoms with E-state index in [9.17, 15) is 14.7 Å². The summed E-state index contributed by atoms with van der Waals surface area (Å²) < 4.78 is 0. The van der Waals surface area contributed by atoms with Crippen molar-refractivity contribution in [2.75, 3.05) is 0 Å². The Balaban J connectivity index is 2.06. The Labute approximate surface area is 119 Å². The molecule has 20 heavy (non-hydrogen) atoms. The van der Waals surface area contributed by atoms with Crippen LogP contribution in [0.15, 0.2) is 18.2 Å². The van der Waals surface area contributed by atoms with Gasteiger partial charge in [0.05, 0.1) is 0 Å². The lowest BCUT2D eigenvalue weighted by atomic mass is 9.45.